The van der Waals surface area contributed by atoms with Crippen LogP contribution in [0.3, 0.4) is 0 Å². The van der Waals surface area contributed by atoms with Crippen LogP contribution in [0.1, 0.15) is 33.9 Å². The molecule has 0 aliphatic carbocycles. The van der Waals surface area contributed by atoms with E-state index in [4.69, 9.17) is 4.74 Å². The van der Waals surface area contributed by atoms with Crippen molar-refractivity contribution in [2.75, 3.05) is 32.8 Å². The second-order valence-electron chi connectivity index (χ2n) is 7.83. The number of benzene rings is 2. The molecule has 0 radical (unpaired) electrons. The summed E-state index contributed by atoms with van der Waals surface area (Å²) in [6.07, 6.45) is 2.98. The minimum absolute atomic E-state index is 0.0147. The van der Waals surface area contributed by atoms with Crippen molar-refractivity contribution < 1.29 is 9.53 Å². The van der Waals surface area contributed by atoms with Crippen molar-refractivity contribution in [1.29, 1.82) is 0 Å². The largest absolute Gasteiger partial charge is 0.379 e. The molecule has 5 heteroatoms. The van der Waals surface area contributed by atoms with Gasteiger partial charge in [-0.25, -0.2) is 0 Å². The van der Waals surface area contributed by atoms with Crippen molar-refractivity contribution in [1.82, 2.24) is 14.8 Å². The number of hydrogen-bond donors (Lipinski definition) is 1. The molecule has 29 heavy (non-hydrogen) atoms. The second kappa shape index (κ2) is 8.80. The molecule has 0 spiro atoms. The van der Waals surface area contributed by atoms with Gasteiger partial charge in [0.25, 0.3) is 5.91 Å². The molecule has 0 unspecified atom stereocenters. The summed E-state index contributed by atoms with van der Waals surface area (Å²) in [7, 11) is 2.03. The molecule has 1 aromatic heterocycles. The van der Waals surface area contributed by atoms with Crippen molar-refractivity contribution in [3.63, 3.8) is 0 Å². The predicted molar refractivity (Wildman–Crippen MR) is 116 cm³/mol. The molecular formula is C24H29N3O2. The number of rotatable bonds is 6. The number of carbonyl (C=O) groups excluding carboxylic acids is 1. The Labute approximate surface area is 172 Å². The number of aryl methyl sites for hydroxylation is 2. The van der Waals surface area contributed by atoms with Crippen LogP contribution < -0.4 is 5.32 Å². The van der Waals surface area contributed by atoms with Crippen molar-refractivity contribution in [2.45, 2.75) is 19.4 Å². The fraction of sp³-hybridized carbons (Fsp3) is 0.375. The maximum Gasteiger partial charge on any atom is 0.251 e. The van der Waals surface area contributed by atoms with Gasteiger partial charge in [-0.15, -0.1) is 0 Å². The Bertz CT molecular complexity index is 974. The number of fused-ring (bicyclic) bond motifs is 1. The van der Waals surface area contributed by atoms with Gasteiger partial charge in [-0.05, 0) is 42.7 Å². The number of aromatic nitrogens is 1. The molecule has 4 rings (SSSR count). The van der Waals surface area contributed by atoms with E-state index in [2.05, 4.69) is 40.0 Å². The number of ether oxygens (including phenoxy) is 1. The molecule has 3 aromatic rings. The van der Waals surface area contributed by atoms with Gasteiger partial charge in [0, 0.05) is 49.3 Å². The van der Waals surface area contributed by atoms with E-state index in [1.165, 1.54) is 5.56 Å². The topological polar surface area (TPSA) is 46.5 Å². The lowest BCUT2D eigenvalue weighted by atomic mass is 10.0. The van der Waals surface area contributed by atoms with Crippen molar-refractivity contribution in [2.24, 2.45) is 7.05 Å². The number of carbonyl (C=O) groups is 1. The first-order valence-corrected chi connectivity index (χ1v) is 10.3. The Hall–Kier alpha value is -2.63. The average molecular weight is 392 g/mol. The fourth-order valence-corrected chi connectivity index (χ4v) is 4.12. The van der Waals surface area contributed by atoms with E-state index >= 15 is 0 Å². The lowest BCUT2D eigenvalue weighted by Gasteiger charge is -2.29. The maximum absolute atomic E-state index is 13.1. The van der Waals surface area contributed by atoms with E-state index in [0.29, 0.717) is 5.56 Å². The van der Waals surface area contributed by atoms with E-state index < -0.39 is 0 Å². The molecule has 152 valence electrons. The van der Waals surface area contributed by atoms with Crippen LogP contribution in [0.25, 0.3) is 10.9 Å². The van der Waals surface area contributed by atoms with Crippen LogP contribution in [0.4, 0.5) is 0 Å². The first-order chi connectivity index (χ1) is 14.1. The van der Waals surface area contributed by atoms with E-state index in [-0.39, 0.29) is 11.9 Å². The summed E-state index contributed by atoms with van der Waals surface area (Å²) in [6.45, 7) is 6.52. The highest BCUT2D eigenvalue weighted by molar-refractivity contribution is 5.99. The van der Waals surface area contributed by atoms with Crippen LogP contribution in [0.2, 0.25) is 0 Å². The molecule has 1 aliphatic heterocycles. The lowest BCUT2D eigenvalue weighted by molar-refractivity contribution is 0.0360. The summed E-state index contributed by atoms with van der Waals surface area (Å²) in [5.41, 5.74) is 4.18. The number of nitrogens with zero attached hydrogens (tertiary/aromatic N) is 2. The highest BCUT2D eigenvalue weighted by atomic mass is 16.5. The first kappa shape index (κ1) is 19.7. The molecule has 1 N–H and O–H groups in total. The van der Waals surface area contributed by atoms with Crippen LogP contribution in [0.15, 0.2) is 54.7 Å². The highest BCUT2D eigenvalue weighted by Gasteiger charge is 2.19. The molecular weight excluding hydrogens is 362 g/mol. The molecule has 1 atom stereocenters. The maximum atomic E-state index is 13.1. The third-order valence-electron chi connectivity index (χ3n) is 5.80. The van der Waals surface area contributed by atoms with Crippen molar-refractivity contribution in [3.05, 3.63) is 71.4 Å². The highest BCUT2D eigenvalue weighted by Crippen LogP contribution is 2.23. The Kier molecular flexibility index (Phi) is 5.97. The zero-order chi connectivity index (χ0) is 20.2. The minimum Gasteiger partial charge on any atom is -0.379 e. The fourth-order valence-electron chi connectivity index (χ4n) is 4.12. The van der Waals surface area contributed by atoms with Crippen LogP contribution in [-0.4, -0.2) is 48.2 Å². The molecule has 1 aliphatic rings. The Balaban J connectivity index is 1.51. The van der Waals surface area contributed by atoms with Gasteiger partial charge in [0.15, 0.2) is 0 Å². The summed E-state index contributed by atoms with van der Waals surface area (Å²) in [5.74, 6) is -0.0222. The SMILES string of the molecule is Cc1cn(C)c2ccc(C(=O)N[C@H](CCN3CCOCC3)c3ccccc3)cc12. The van der Waals surface area contributed by atoms with Crippen molar-refractivity contribution >= 4 is 16.8 Å². The van der Waals surface area contributed by atoms with Gasteiger partial charge in [0.2, 0.25) is 0 Å². The van der Waals surface area contributed by atoms with Crippen LogP contribution >= 0.6 is 0 Å². The number of hydrogen-bond acceptors (Lipinski definition) is 3. The Morgan fingerprint density at radius 3 is 2.66 bits per heavy atom. The molecule has 0 saturated carbocycles. The van der Waals surface area contributed by atoms with E-state index in [0.717, 1.165) is 55.7 Å². The summed E-state index contributed by atoms with van der Waals surface area (Å²) in [4.78, 5) is 15.5. The summed E-state index contributed by atoms with van der Waals surface area (Å²) >= 11 is 0. The van der Waals surface area contributed by atoms with Gasteiger partial charge < -0.3 is 14.6 Å². The monoisotopic (exact) mass is 391 g/mol. The molecule has 1 saturated heterocycles. The molecule has 0 bridgehead atoms. The first-order valence-electron chi connectivity index (χ1n) is 10.3. The normalized spacial score (nSPS) is 16.1. The quantitative estimate of drug-likeness (QED) is 0.697. The third-order valence-corrected chi connectivity index (χ3v) is 5.80. The van der Waals surface area contributed by atoms with Gasteiger partial charge in [0.1, 0.15) is 0 Å². The van der Waals surface area contributed by atoms with Crippen molar-refractivity contribution in [3.8, 4) is 0 Å². The molecule has 2 aromatic carbocycles. The molecule has 5 nitrogen and oxygen atoms in total. The third kappa shape index (κ3) is 4.52. The van der Waals surface area contributed by atoms with E-state index in [1.54, 1.807) is 0 Å². The lowest BCUT2D eigenvalue weighted by Crippen LogP contribution is -2.39. The van der Waals surface area contributed by atoms with Gasteiger partial charge in [-0.2, -0.15) is 0 Å². The molecule has 1 amide bonds. The van der Waals surface area contributed by atoms with Gasteiger partial charge >= 0.3 is 0 Å². The summed E-state index contributed by atoms with van der Waals surface area (Å²) in [5, 5.41) is 4.41. The predicted octanol–water partition coefficient (Wildman–Crippen LogP) is 3.68. The van der Waals surface area contributed by atoms with Gasteiger partial charge in [0.05, 0.1) is 19.3 Å². The van der Waals surface area contributed by atoms with Crippen LogP contribution in [0, 0.1) is 6.92 Å². The van der Waals surface area contributed by atoms with E-state index in [9.17, 15) is 4.79 Å². The van der Waals surface area contributed by atoms with Gasteiger partial charge in [-0.3, -0.25) is 9.69 Å². The number of amides is 1. The summed E-state index contributed by atoms with van der Waals surface area (Å²) in [6, 6.07) is 16.2. The Morgan fingerprint density at radius 2 is 1.90 bits per heavy atom. The Morgan fingerprint density at radius 1 is 1.14 bits per heavy atom. The zero-order valence-electron chi connectivity index (χ0n) is 17.2. The summed E-state index contributed by atoms with van der Waals surface area (Å²) < 4.78 is 7.55. The number of nitrogens with one attached hydrogen (secondary N) is 1. The molecule has 1 fully saturated rings. The van der Waals surface area contributed by atoms with Crippen LogP contribution in [-0.2, 0) is 11.8 Å². The standard InChI is InChI=1S/C24H29N3O2/c1-18-17-26(2)23-9-8-20(16-21(18)23)24(28)25-22(19-6-4-3-5-7-19)10-11-27-12-14-29-15-13-27/h3-9,16-17,22H,10-15H2,1-2H3,(H,25,28)/t22-/m1/s1. The minimum atomic E-state index is -0.0222. The van der Waals surface area contributed by atoms with Gasteiger partial charge in [-0.1, -0.05) is 30.3 Å². The zero-order valence-corrected chi connectivity index (χ0v) is 17.2. The number of morpholine rings is 1. The average Bonchev–Trinajstić information content (AvgIpc) is 3.05. The van der Waals surface area contributed by atoms with E-state index in [1.807, 2.05) is 43.4 Å². The van der Waals surface area contributed by atoms with Crippen LogP contribution in [0.5, 0.6) is 0 Å². The second-order valence-corrected chi connectivity index (χ2v) is 7.83. The smallest absolute Gasteiger partial charge is 0.251 e. The molecule has 2 heterocycles.